The zero-order valence-corrected chi connectivity index (χ0v) is 11.5. The highest BCUT2D eigenvalue weighted by Crippen LogP contribution is 2.26. The van der Waals surface area contributed by atoms with Crippen LogP contribution in [0.1, 0.15) is 25.0 Å². The van der Waals surface area contributed by atoms with Crippen LogP contribution in [0.3, 0.4) is 0 Å². The van der Waals surface area contributed by atoms with Crippen LogP contribution in [0, 0.1) is 6.92 Å². The van der Waals surface area contributed by atoms with Gasteiger partial charge in [0.25, 0.3) is 0 Å². The van der Waals surface area contributed by atoms with E-state index in [-0.39, 0.29) is 0 Å². The third kappa shape index (κ3) is 2.75. The highest BCUT2D eigenvalue weighted by atomic mass is 35.5. The molecule has 0 spiro atoms. The van der Waals surface area contributed by atoms with Gasteiger partial charge in [0.2, 0.25) is 0 Å². The lowest BCUT2D eigenvalue weighted by molar-refractivity contribution is 0.0343. The van der Waals surface area contributed by atoms with Crippen molar-refractivity contribution in [2.75, 3.05) is 18.1 Å². The maximum absolute atomic E-state index is 5.86. The molecule has 1 aromatic carbocycles. The molecule has 17 heavy (non-hydrogen) atoms. The summed E-state index contributed by atoms with van der Waals surface area (Å²) in [6, 6.07) is 6.91. The summed E-state index contributed by atoms with van der Waals surface area (Å²) in [4.78, 5) is 2.43. The maximum atomic E-state index is 5.86. The van der Waals surface area contributed by atoms with Crippen molar-refractivity contribution in [2.24, 2.45) is 0 Å². The Morgan fingerprint density at radius 2 is 2.18 bits per heavy atom. The van der Waals surface area contributed by atoms with E-state index in [4.69, 9.17) is 16.3 Å². The molecule has 2 rings (SSSR count). The van der Waals surface area contributed by atoms with Gasteiger partial charge in [-0.25, -0.2) is 0 Å². The van der Waals surface area contributed by atoms with Crippen LogP contribution in [0.4, 0.5) is 5.69 Å². The van der Waals surface area contributed by atoms with Gasteiger partial charge in [0.15, 0.2) is 0 Å². The number of nitrogens with zero attached hydrogens (tertiary/aromatic N) is 1. The first-order valence-electron chi connectivity index (χ1n) is 6.15. The average Bonchev–Trinajstić information content (AvgIpc) is 2.32. The van der Waals surface area contributed by atoms with E-state index >= 15 is 0 Å². The van der Waals surface area contributed by atoms with Crippen LogP contribution >= 0.6 is 11.6 Å². The molecule has 2 unspecified atom stereocenters. The molecule has 0 N–H and O–H groups in total. The Labute approximate surface area is 109 Å². The van der Waals surface area contributed by atoms with Crippen molar-refractivity contribution in [1.82, 2.24) is 0 Å². The monoisotopic (exact) mass is 253 g/mol. The normalized spacial score (nSPS) is 25.1. The predicted molar refractivity (Wildman–Crippen MR) is 73.0 cm³/mol. The number of halogens is 1. The summed E-state index contributed by atoms with van der Waals surface area (Å²) in [6.07, 6.45) is 0.304. The van der Waals surface area contributed by atoms with E-state index < -0.39 is 0 Å². The fourth-order valence-electron chi connectivity index (χ4n) is 2.36. The standard InChI is InChI=1S/C14H20ClNO/c1-10-6-13(7-15)4-5-14(10)16-8-12(3)17-9-11(16)2/h4-6,11-12H,7-9H2,1-3H3. The van der Waals surface area contributed by atoms with Crippen LogP contribution in [-0.4, -0.2) is 25.3 Å². The van der Waals surface area contributed by atoms with E-state index in [1.54, 1.807) is 0 Å². The van der Waals surface area contributed by atoms with E-state index in [2.05, 4.69) is 43.9 Å². The molecule has 1 aromatic rings. The number of anilines is 1. The number of aryl methyl sites for hydroxylation is 1. The molecule has 0 aromatic heterocycles. The summed E-state index contributed by atoms with van der Waals surface area (Å²) in [7, 11) is 0. The van der Waals surface area contributed by atoms with Crippen molar-refractivity contribution in [1.29, 1.82) is 0 Å². The Morgan fingerprint density at radius 3 is 2.82 bits per heavy atom. The molecule has 1 aliphatic heterocycles. The first-order valence-corrected chi connectivity index (χ1v) is 6.69. The molecule has 0 aliphatic carbocycles. The molecule has 0 bridgehead atoms. The van der Waals surface area contributed by atoms with Gasteiger partial charge >= 0.3 is 0 Å². The third-order valence-electron chi connectivity index (χ3n) is 3.33. The second-order valence-corrected chi connectivity index (χ2v) is 5.17. The number of ether oxygens (including phenoxy) is 1. The summed E-state index contributed by atoms with van der Waals surface area (Å²) in [5.41, 5.74) is 3.78. The van der Waals surface area contributed by atoms with E-state index in [9.17, 15) is 0 Å². The number of hydrogen-bond acceptors (Lipinski definition) is 2. The molecule has 1 heterocycles. The molecule has 1 saturated heterocycles. The molecule has 1 fully saturated rings. The highest BCUT2D eigenvalue weighted by Gasteiger charge is 2.24. The van der Waals surface area contributed by atoms with Gasteiger partial charge in [0.1, 0.15) is 0 Å². The Bertz CT molecular complexity index is 394. The number of morpholine rings is 1. The van der Waals surface area contributed by atoms with E-state index in [1.807, 2.05) is 0 Å². The summed E-state index contributed by atoms with van der Waals surface area (Å²) in [6.45, 7) is 8.25. The fraction of sp³-hybridized carbons (Fsp3) is 0.571. The molecule has 0 amide bonds. The van der Waals surface area contributed by atoms with Crippen molar-refractivity contribution in [3.8, 4) is 0 Å². The minimum absolute atomic E-state index is 0.304. The number of benzene rings is 1. The van der Waals surface area contributed by atoms with Gasteiger partial charge < -0.3 is 9.64 Å². The van der Waals surface area contributed by atoms with Crippen LogP contribution in [-0.2, 0) is 10.6 Å². The van der Waals surface area contributed by atoms with Crippen molar-refractivity contribution >= 4 is 17.3 Å². The molecule has 0 radical (unpaired) electrons. The van der Waals surface area contributed by atoms with Crippen molar-refractivity contribution < 1.29 is 4.74 Å². The van der Waals surface area contributed by atoms with Crippen LogP contribution in [0.15, 0.2) is 18.2 Å². The van der Waals surface area contributed by atoms with E-state index in [0.717, 1.165) is 13.2 Å². The van der Waals surface area contributed by atoms with Gasteiger partial charge in [-0.15, -0.1) is 11.6 Å². The van der Waals surface area contributed by atoms with Gasteiger partial charge in [-0.1, -0.05) is 12.1 Å². The summed E-state index contributed by atoms with van der Waals surface area (Å²) >= 11 is 5.86. The number of rotatable bonds is 2. The van der Waals surface area contributed by atoms with Gasteiger partial charge in [0, 0.05) is 24.2 Å². The van der Waals surface area contributed by atoms with Gasteiger partial charge in [-0.3, -0.25) is 0 Å². The summed E-state index contributed by atoms with van der Waals surface area (Å²) in [5.74, 6) is 0.580. The minimum Gasteiger partial charge on any atom is -0.375 e. The lowest BCUT2D eigenvalue weighted by atomic mass is 10.1. The molecule has 0 saturated carbocycles. The van der Waals surface area contributed by atoms with Crippen LogP contribution in [0.5, 0.6) is 0 Å². The summed E-state index contributed by atoms with van der Waals surface area (Å²) < 4.78 is 5.66. The average molecular weight is 254 g/mol. The third-order valence-corrected chi connectivity index (χ3v) is 3.64. The second kappa shape index (κ2) is 5.28. The highest BCUT2D eigenvalue weighted by molar-refractivity contribution is 6.17. The van der Waals surface area contributed by atoms with Crippen molar-refractivity contribution in [2.45, 2.75) is 38.8 Å². The molecule has 2 atom stereocenters. The van der Waals surface area contributed by atoms with Gasteiger partial charge in [-0.05, 0) is 38.0 Å². The van der Waals surface area contributed by atoms with Crippen LogP contribution < -0.4 is 4.90 Å². The first kappa shape index (κ1) is 12.7. The van der Waals surface area contributed by atoms with Crippen LogP contribution in [0.25, 0.3) is 0 Å². The molecule has 94 valence electrons. The Hall–Kier alpha value is -0.730. The van der Waals surface area contributed by atoms with Gasteiger partial charge in [-0.2, -0.15) is 0 Å². The van der Waals surface area contributed by atoms with Crippen molar-refractivity contribution in [3.05, 3.63) is 29.3 Å². The smallest absolute Gasteiger partial charge is 0.0723 e. The van der Waals surface area contributed by atoms with Crippen LogP contribution in [0.2, 0.25) is 0 Å². The minimum atomic E-state index is 0.304. The van der Waals surface area contributed by atoms with Crippen molar-refractivity contribution in [3.63, 3.8) is 0 Å². The SMILES string of the molecule is Cc1cc(CCl)ccc1N1CC(C)OCC1C. The quantitative estimate of drug-likeness (QED) is 0.750. The topological polar surface area (TPSA) is 12.5 Å². The Kier molecular flexibility index (Phi) is 3.95. The summed E-state index contributed by atoms with van der Waals surface area (Å²) in [5, 5.41) is 0. The maximum Gasteiger partial charge on any atom is 0.0723 e. The number of hydrogen-bond donors (Lipinski definition) is 0. The first-order chi connectivity index (χ1) is 8.11. The second-order valence-electron chi connectivity index (χ2n) is 4.90. The van der Waals surface area contributed by atoms with E-state index in [1.165, 1.54) is 16.8 Å². The molecular weight excluding hydrogens is 234 g/mol. The molecule has 2 nitrogen and oxygen atoms in total. The predicted octanol–water partition coefficient (Wildman–Crippen LogP) is 3.35. The van der Waals surface area contributed by atoms with E-state index in [0.29, 0.717) is 18.0 Å². The molecule has 3 heteroatoms. The zero-order chi connectivity index (χ0) is 12.4. The number of alkyl halides is 1. The molecule has 1 aliphatic rings. The molecular formula is C14H20ClNO. The zero-order valence-electron chi connectivity index (χ0n) is 10.7. The lowest BCUT2D eigenvalue weighted by Gasteiger charge is -2.39. The fourth-order valence-corrected chi connectivity index (χ4v) is 2.53. The Balaban J connectivity index is 2.26. The largest absolute Gasteiger partial charge is 0.375 e. The lowest BCUT2D eigenvalue weighted by Crippen LogP contribution is -2.47. The van der Waals surface area contributed by atoms with Gasteiger partial charge in [0.05, 0.1) is 12.7 Å². The Morgan fingerprint density at radius 1 is 1.41 bits per heavy atom.